The van der Waals surface area contributed by atoms with Crippen molar-refractivity contribution in [3.8, 4) is 0 Å². The average molecular weight is 223 g/mol. The van der Waals surface area contributed by atoms with E-state index in [0.29, 0.717) is 18.9 Å². The van der Waals surface area contributed by atoms with Crippen LogP contribution in [0.15, 0.2) is 0 Å². The van der Waals surface area contributed by atoms with Crippen LogP contribution < -0.4 is 0 Å². The van der Waals surface area contributed by atoms with Crippen molar-refractivity contribution in [2.75, 3.05) is 12.5 Å². The van der Waals surface area contributed by atoms with Gasteiger partial charge in [0.1, 0.15) is 0 Å². The Bertz CT molecular complexity index is 150. The van der Waals surface area contributed by atoms with Gasteiger partial charge in [-0.15, -0.1) is 11.6 Å². The first kappa shape index (κ1) is 13.7. The molecule has 0 rings (SSSR count). The highest BCUT2D eigenvalue weighted by molar-refractivity contribution is 6.17. The zero-order valence-electron chi connectivity index (χ0n) is 8.67. The Hall–Kier alpha value is -0.280. The van der Waals surface area contributed by atoms with E-state index in [1.165, 1.54) is 0 Å². The molecule has 0 bridgehead atoms. The number of aliphatic hydroxyl groups is 1. The Morgan fingerprint density at radius 1 is 1.43 bits per heavy atom. The number of esters is 1. The van der Waals surface area contributed by atoms with Gasteiger partial charge in [0.25, 0.3) is 0 Å². The molecule has 0 aromatic carbocycles. The second kappa shape index (κ2) is 9.28. The standard InChI is InChI=1S/C10H19ClO3/c1-2-14-10(13)8-9(12)6-4-3-5-7-11/h9,12H,2-8H2,1H3. The minimum atomic E-state index is -0.565. The summed E-state index contributed by atoms with van der Waals surface area (Å²) < 4.78 is 4.72. The Morgan fingerprint density at radius 2 is 2.14 bits per heavy atom. The van der Waals surface area contributed by atoms with Crippen LogP contribution in [0.25, 0.3) is 0 Å². The second-order valence-electron chi connectivity index (χ2n) is 3.20. The Balaban J connectivity index is 3.35. The molecule has 84 valence electrons. The van der Waals surface area contributed by atoms with Gasteiger partial charge in [-0.1, -0.05) is 12.8 Å². The molecule has 1 atom stereocenters. The van der Waals surface area contributed by atoms with Gasteiger partial charge in [-0.2, -0.15) is 0 Å². The highest BCUT2D eigenvalue weighted by atomic mass is 35.5. The zero-order valence-corrected chi connectivity index (χ0v) is 9.42. The molecule has 0 aromatic heterocycles. The smallest absolute Gasteiger partial charge is 0.308 e. The van der Waals surface area contributed by atoms with E-state index < -0.39 is 6.10 Å². The van der Waals surface area contributed by atoms with E-state index in [4.69, 9.17) is 16.3 Å². The first-order chi connectivity index (χ1) is 6.70. The zero-order chi connectivity index (χ0) is 10.8. The fraction of sp³-hybridized carbons (Fsp3) is 0.900. The number of alkyl halides is 1. The third-order valence-electron chi connectivity index (χ3n) is 1.88. The molecule has 0 aliphatic heterocycles. The molecule has 0 fully saturated rings. The van der Waals surface area contributed by atoms with Crippen molar-refractivity contribution in [3.05, 3.63) is 0 Å². The number of hydrogen-bond acceptors (Lipinski definition) is 3. The van der Waals surface area contributed by atoms with E-state index in [1.807, 2.05) is 0 Å². The number of halogens is 1. The number of carbonyl (C=O) groups is 1. The van der Waals surface area contributed by atoms with Crippen LogP contribution in [-0.4, -0.2) is 29.7 Å². The maximum atomic E-state index is 10.9. The fourth-order valence-corrected chi connectivity index (χ4v) is 1.35. The summed E-state index contributed by atoms with van der Waals surface area (Å²) >= 11 is 5.51. The van der Waals surface area contributed by atoms with Crippen LogP contribution in [-0.2, 0) is 9.53 Å². The lowest BCUT2D eigenvalue weighted by Crippen LogP contribution is -2.15. The van der Waals surface area contributed by atoms with E-state index in [0.717, 1.165) is 19.3 Å². The van der Waals surface area contributed by atoms with Gasteiger partial charge in [-0.3, -0.25) is 4.79 Å². The topological polar surface area (TPSA) is 46.5 Å². The predicted molar refractivity (Wildman–Crippen MR) is 56.4 cm³/mol. The van der Waals surface area contributed by atoms with Crippen molar-refractivity contribution in [2.24, 2.45) is 0 Å². The van der Waals surface area contributed by atoms with Crippen LogP contribution in [0.2, 0.25) is 0 Å². The SMILES string of the molecule is CCOC(=O)CC(O)CCCCCCl. The maximum Gasteiger partial charge on any atom is 0.308 e. The molecule has 0 spiro atoms. The van der Waals surface area contributed by atoms with E-state index in [-0.39, 0.29) is 12.4 Å². The number of unbranched alkanes of at least 4 members (excludes halogenated alkanes) is 2. The van der Waals surface area contributed by atoms with E-state index in [9.17, 15) is 9.90 Å². The van der Waals surface area contributed by atoms with Crippen LogP contribution in [0.1, 0.15) is 39.0 Å². The molecule has 1 N–H and O–H groups in total. The molecule has 0 radical (unpaired) electrons. The largest absolute Gasteiger partial charge is 0.466 e. The summed E-state index contributed by atoms with van der Waals surface area (Å²) in [4.78, 5) is 10.9. The summed E-state index contributed by atoms with van der Waals surface area (Å²) in [6, 6.07) is 0. The van der Waals surface area contributed by atoms with Gasteiger partial charge in [0.15, 0.2) is 0 Å². The van der Waals surface area contributed by atoms with Crippen LogP contribution in [0, 0.1) is 0 Å². The van der Waals surface area contributed by atoms with Crippen molar-refractivity contribution in [1.82, 2.24) is 0 Å². The lowest BCUT2D eigenvalue weighted by molar-refractivity contribution is -0.145. The Kier molecular flexibility index (Phi) is 9.10. The third kappa shape index (κ3) is 8.32. The number of hydrogen-bond donors (Lipinski definition) is 1. The van der Waals surface area contributed by atoms with Gasteiger partial charge >= 0.3 is 5.97 Å². The molecule has 14 heavy (non-hydrogen) atoms. The lowest BCUT2D eigenvalue weighted by atomic mass is 10.1. The minimum Gasteiger partial charge on any atom is -0.466 e. The highest BCUT2D eigenvalue weighted by Crippen LogP contribution is 2.07. The van der Waals surface area contributed by atoms with Crippen molar-refractivity contribution >= 4 is 17.6 Å². The molecular formula is C10H19ClO3. The van der Waals surface area contributed by atoms with Crippen molar-refractivity contribution in [1.29, 1.82) is 0 Å². The molecule has 0 heterocycles. The average Bonchev–Trinajstić information content (AvgIpc) is 2.13. The predicted octanol–water partition coefficient (Wildman–Crippen LogP) is 2.10. The van der Waals surface area contributed by atoms with E-state index in [1.54, 1.807) is 6.92 Å². The van der Waals surface area contributed by atoms with Crippen LogP contribution in [0.4, 0.5) is 0 Å². The summed E-state index contributed by atoms with van der Waals surface area (Å²) in [7, 11) is 0. The van der Waals surface area contributed by atoms with Gasteiger partial charge in [-0.05, 0) is 19.8 Å². The summed E-state index contributed by atoms with van der Waals surface area (Å²) in [5, 5.41) is 9.41. The molecular weight excluding hydrogens is 204 g/mol. The summed E-state index contributed by atoms with van der Waals surface area (Å²) in [5.74, 6) is 0.339. The van der Waals surface area contributed by atoms with Crippen molar-refractivity contribution in [3.63, 3.8) is 0 Å². The van der Waals surface area contributed by atoms with Crippen LogP contribution >= 0.6 is 11.6 Å². The van der Waals surface area contributed by atoms with E-state index in [2.05, 4.69) is 0 Å². The van der Waals surface area contributed by atoms with Gasteiger partial charge < -0.3 is 9.84 Å². The molecule has 0 aromatic rings. The normalized spacial score (nSPS) is 12.5. The van der Waals surface area contributed by atoms with Gasteiger partial charge in [0.2, 0.25) is 0 Å². The second-order valence-corrected chi connectivity index (χ2v) is 3.58. The van der Waals surface area contributed by atoms with Crippen LogP contribution in [0.3, 0.4) is 0 Å². The lowest BCUT2D eigenvalue weighted by Gasteiger charge is -2.08. The first-order valence-corrected chi connectivity index (χ1v) is 5.63. The molecule has 3 nitrogen and oxygen atoms in total. The fourth-order valence-electron chi connectivity index (χ4n) is 1.17. The highest BCUT2D eigenvalue weighted by Gasteiger charge is 2.10. The van der Waals surface area contributed by atoms with Gasteiger partial charge in [-0.25, -0.2) is 0 Å². The van der Waals surface area contributed by atoms with Gasteiger partial charge in [0.05, 0.1) is 19.1 Å². The Morgan fingerprint density at radius 3 is 2.71 bits per heavy atom. The number of ether oxygens (including phenoxy) is 1. The maximum absolute atomic E-state index is 10.9. The van der Waals surface area contributed by atoms with Gasteiger partial charge in [0, 0.05) is 5.88 Å². The van der Waals surface area contributed by atoms with Crippen molar-refractivity contribution < 1.29 is 14.6 Å². The Labute approximate surface area is 90.4 Å². The molecule has 0 amide bonds. The number of carbonyl (C=O) groups excluding carboxylic acids is 1. The monoisotopic (exact) mass is 222 g/mol. The van der Waals surface area contributed by atoms with Crippen LogP contribution in [0.5, 0.6) is 0 Å². The molecule has 4 heteroatoms. The summed E-state index contributed by atoms with van der Waals surface area (Å²) in [6.07, 6.45) is 3.07. The third-order valence-corrected chi connectivity index (χ3v) is 2.15. The molecule has 0 aliphatic rings. The number of aliphatic hydroxyl groups excluding tert-OH is 1. The van der Waals surface area contributed by atoms with Crippen molar-refractivity contribution in [2.45, 2.75) is 45.1 Å². The molecule has 0 saturated carbocycles. The number of rotatable bonds is 8. The quantitative estimate of drug-likeness (QED) is 0.389. The minimum absolute atomic E-state index is 0.106. The summed E-state index contributed by atoms with van der Waals surface area (Å²) in [5.41, 5.74) is 0. The van der Waals surface area contributed by atoms with E-state index >= 15 is 0 Å². The molecule has 0 saturated heterocycles. The molecule has 1 unspecified atom stereocenters. The molecule has 0 aliphatic carbocycles. The first-order valence-electron chi connectivity index (χ1n) is 5.10. The summed E-state index contributed by atoms with van der Waals surface area (Å²) in [6.45, 7) is 2.13.